The normalized spacial score (nSPS) is 12.0. The molecule has 1 heterocycles. The molecular weight excluding hydrogens is 308 g/mol. The number of hydrogen-bond donors (Lipinski definition) is 2. The third-order valence-corrected chi connectivity index (χ3v) is 4.52. The lowest BCUT2D eigenvalue weighted by Crippen LogP contribution is -2.36. The Hall–Kier alpha value is -1.88. The van der Waals surface area contributed by atoms with Gasteiger partial charge >= 0.3 is 6.03 Å². The van der Waals surface area contributed by atoms with E-state index in [1.807, 2.05) is 38.6 Å². The molecule has 2 amide bonds. The SMILES string of the molecule is CCSc1ccc(C(C)NC(=O)NCc2cc(C)oc2C)cc1. The van der Waals surface area contributed by atoms with Crippen LogP contribution in [-0.4, -0.2) is 11.8 Å². The number of carbonyl (C=O) groups is 1. The summed E-state index contributed by atoms with van der Waals surface area (Å²) in [5.74, 6) is 2.76. The van der Waals surface area contributed by atoms with Gasteiger partial charge in [0.15, 0.2) is 0 Å². The summed E-state index contributed by atoms with van der Waals surface area (Å²) in [6, 6.07) is 10.0. The highest BCUT2D eigenvalue weighted by Gasteiger charge is 2.11. The number of rotatable bonds is 6. The van der Waals surface area contributed by atoms with E-state index in [-0.39, 0.29) is 12.1 Å². The van der Waals surface area contributed by atoms with Gasteiger partial charge in [-0.25, -0.2) is 4.79 Å². The number of nitrogens with one attached hydrogen (secondary N) is 2. The second kappa shape index (κ2) is 8.11. The van der Waals surface area contributed by atoms with Crippen LogP contribution in [0.15, 0.2) is 39.6 Å². The van der Waals surface area contributed by atoms with Crippen LogP contribution >= 0.6 is 11.8 Å². The Kier molecular flexibility index (Phi) is 6.16. The Bertz CT molecular complexity index is 650. The fourth-order valence-electron chi connectivity index (χ4n) is 2.38. The van der Waals surface area contributed by atoms with Crippen LogP contribution in [0.5, 0.6) is 0 Å². The number of benzene rings is 1. The first-order valence-electron chi connectivity index (χ1n) is 7.82. The summed E-state index contributed by atoms with van der Waals surface area (Å²) in [4.78, 5) is 13.3. The average molecular weight is 332 g/mol. The number of carbonyl (C=O) groups excluding carboxylic acids is 1. The maximum absolute atomic E-state index is 12.0. The highest BCUT2D eigenvalue weighted by Crippen LogP contribution is 2.20. The fraction of sp³-hybridized carbons (Fsp3) is 0.389. The first kappa shape index (κ1) is 17.5. The minimum Gasteiger partial charge on any atom is -0.466 e. The number of urea groups is 1. The molecule has 1 atom stereocenters. The van der Waals surface area contributed by atoms with Crippen LogP contribution in [-0.2, 0) is 6.54 Å². The van der Waals surface area contributed by atoms with E-state index in [1.54, 1.807) is 0 Å². The second-order valence-corrected chi connectivity index (χ2v) is 6.83. The first-order chi connectivity index (χ1) is 11.0. The number of thioether (sulfide) groups is 1. The van der Waals surface area contributed by atoms with Crippen molar-refractivity contribution in [1.29, 1.82) is 0 Å². The van der Waals surface area contributed by atoms with E-state index < -0.39 is 0 Å². The Morgan fingerprint density at radius 2 is 1.96 bits per heavy atom. The van der Waals surface area contributed by atoms with Crippen molar-refractivity contribution in [2.45, 2.75) is 45.2 Å². The summed E-state index contributed by atoms with van der Waals surface area (Å²) in [5, 5.41) is 5.83. The zero-order valence-electron chi connectivity index (χ0n) is 14.1. The molecule has 0 saturated heterocycles. The summed E-state index contributed by atoms with van der Waals surface area (Å²) >= 11 is 1.81. The van der Waals surface area contributed by atoms with Crippen LogP contribution < -0.4 is 10.6 Å². The van der Waals surface area contributed by atoms with Gasteiger partial charge in [-0.2, -0.15) is 0 Å². The molecule has 23 heavy (non-hydrogen) atoms. The van der Waals surface area contributed by atoms with Gasteiger partial charge in [0, 0.05) is 17.0 Å². The molecule has 0 aliphatic carbocycles. The Morgan fingerprint density at radius 3 is 2.52 bits per heavy atom. The van der Waals surface area contributed by atoms with E-state index in [0.717, 1.165) is 28.4 Å². The molecule has 1 aromatic heterocycles. The van der Waals surface area contributed by atoms with Gasteiger partial charge in [-0.15, -0.1) is 11.8 Å². The van der Waals surface area contributed by atoms with E-state index in [9.17, 15) is 4.79 Å². The van der Waals surface area contributed by atoms with E-state index in [0.29, 0.717) is 6.54 Å². The quantitative estimate of drug-likeness (QED) is 0.762. The molecule has 4 nitrogen and oxygen atoms in total. The van der Waals surface area contributed by atoms with E-state index >= 15 is 0 Å². The van der Waals surface area contributed by atoms with E-state index in [2.05, 4.69) is 41.8 Å². The lowest BCUT2D eigenvalue weighted by Gasteiger charge is -2.15. The summed E-state index contributed by atoms with van der Waals surface area (Å²) in [6.45, 7) is 8.39. The second-order valence-electron chi connectivity index (χ2n) is 5.49. The maximum atomic E-state index is 12.0. The molecule has 0 spiro atoms. The van der Waals surface area contributed by atoms with Crippen LogP contribution in [0.1, 0.15) is 42.5 Å². The van der Waals surface area contributed by atoms with Crippen molar-refractivity contribution in [3.8, 4) is 0 Å². The molecule has 1 unspecified atom stereocenters. The summed E-state index contributed by atoms with van der Waals surface area (Å²) in [7, 11) is 0. The van der Waals surface area contributed by atoms with Gasteiger partial charge in [0.25, 0.3) is 0 Å². The predicted octanol–water partition coefficient (Wildman–Crippen LogP) is 4.57. The molecule has 0 aliphatic rings. The van der Waals surface area contributed by atoms with Crippen LogP contribution in [0, 0.1) is 13.8 Å². The molecule has 0 saturated carbocycles. The van der Waals surface area contributed by atoms with Gasteiger partial charge in [0.05, 0.1) is 6.04 Å². The van der Waals surface area contributed by atoms with Crippen molar-refractivity contribution in [3.63, 3.8) is 0 Å². The third kappa shape index (κ3) is 5.06. The molecule has 5 heteroatoms. The zero-order valence-corrected chi connectivity index (χ0v) is 14.9. The van der Waals surface area contributed by atoms with Gasteiger partial charge < -0.3 is 15.1 Å². The van der Waals surface area contributed by atoms with Crippen LogP contribution in [0.3, 0.4) is 0 Å². The van der Waals surface area contributed by atoms with Gasteiger partial charge in [0.2, 0.25) is 0 Å². The van der Waals surface area contributed by atoms with E-state index in [4.69, 9.17) is 4.42 Å². The molecule has 0 bridgehead atoms. The molecule has 2 rings (SSSR count). The zero-order chi connectivity index (χ0) is 16.8. The minimum atomic E-state index is -0.178. The van der Waals surface area contributed by atoms with Crippen molar-refractivity contribution < 1.29 is 9.21 Å². The topological polar surface area (TPSA) is 54.3 Å². The van der Waals surface area contributed by atoms with Crippen molar-refractivity contribution >= 4 is 17.8 Å². The molecule has 0 fully saturated rings. The fourth-order valence-corrected chi connectivity index (χ4v) is 3.05. The highest BCUT2D eigenvalue weighted by molar-refractivity contribution is 7.99. The van der Waals surface area contributed by atoms with Crippen LogP contribution in [0.4, 0.5) is 4.79 Å². The smallest absolute Gasteiger partial charge is 0.315 e. The van der Waals surface area contributed by atoms with Gasteiger partial charge in [-0.1, -0.05) is 19.1 Å². The van der Waals surface area contributed by atoms with E-state index in [1.165, 1.54) is 4.90 Å². The molecule has 2 aromatic rings. The largest absolute Gasteiger partial charge is 0.466 e. The summed E-state index contributed by atoms with van der Waals surface area (Å²) in [5.41, 5.74) is 2.10. The molecule has 1 aromatic carbocycles. The molecule has 0 radical (unpaired) electrons. The minimum absolute atomic E-state index is 0.0390. The molecule has 124 valence electrons. The average Bonchev–Trinajstić information content (AvgIpc) is 2.84. The van der Waals surface area contributed by atoms with Crippen molar-refractivity contribution in [3.05, 3.63) is 53.0 Å². The standard InChI is InChI=1S/C18H24N2O2S/c1-5-23-17-8-6-15(7-9-17)13(3)20-18(21)19-11-16-10-12(2)22-14(16)4/h6-10,13H,5,11H2,1-4H3,(H2,19,20,21). The lowest BCUT2D eigenvalue weighted by molar-refractivity contribution is 0.237. The van der Waals surface area contributed by atoms with Gasteiger partial charge in [0.1, 0.15) is 11.5 Å². The van der Waals surface area contributed by atoms with Gasteiger partial charge in [-0.05, 0) is 50.3 Å². The number of hydrogen-bond acceptors (Lipinski definition) is 3. The molecule has 0 aliphatic heterocycles. The number of amides is 2. The first-order valence-corrected chi connectivity index (χ1v) is 8.81. The lowest BCUT2D eigenvalue weighted by atomic mass is 10.1. The summed E-state index contributed by atoms with van der Waals surface area (Å²) in [6.07, 6.45) is 0. The van der Waals surface area contributed by atoms with Crippen LogP contribution in [0.25, 0.3) is 0 Å². The third-order valence-electron chi connectivity index (χ3n) is 3.62. The highest BCUT2D eigenvalue weighted by atomic mass is 32.2. The summed E-state index contributed by atoms with van der Waals surface area (Å²) < 4.78 is 5.45. The number of aryl methyl sites for hydroxylation is 2. The monoisotopic (exact) mass is 332 g/mol. The van der Waals surface area contributed by atoms with Crippen molar-refractivity contribution in [1.82, 2.24) is 10.6 Å². The number of furan rings is 1. The van der Waals surface area contributed by atoms with Crippen molar-refractivity contribution in [2.75, 3.05) is 5.75 Å². The Labute approximate surface area is 142 Å². The molecular formula is C18H24N2O2S. The van der Waals surface area contributed by atoms with Gasteiger partial charge in [-0.3, -0.25) is 0 Å². The van der Waals surface area contributed by atoms with Crippen LogP contribution in [0.2, 0.25) is 0 Å². The Morgan fingerprint density at radius 1 is 1.26 bits per heavy atom. The Balaban J connectivity index is 1.85. The maximum Gasteiger partial charge on any atom is 0.315 e. The molecule has 2 N–H and O–H groups in total. The predicted molar refractivity (Wildman–Crippen MR) is 94.8 cm³/mol. The van der Waals surface area contributed by atoms with Crippen molar-refractivity contribution in [2.24, 2.45) is 0 Å².